The summed E-state index contributed by atoms with van der Waals surface area (Å²) in [6, 6.07) is 8.24. The number of aldehydes is 1. The second kappa shape index (κ2) is 4.09. The summed E-state index contributed by atoms with van der Waals surface area (Å²) in [5.41, 5.74) is 3.91. The summed E-state index contributed by atoms with van der Waals surface area (Å²) in [6.45, 7) is 2.05. The number of hydrogen-bond acceptors (Lipinski definition) is 2. The number of nitrogens with one attached hydrogen (secondary N) is 1. The van der Waals surface area contributed by atoms with Gasteiger partial charge in [0.2, 0.25) is 0 Å². The first-order valence-electron chi connectivity index (χ1n) is 4.82. The second-order valence-corrected chi connectivity index (χ2v) is 3.58. The molecule has 76 valence electrons. The molecule has 0 spiro atoms. The molecule has 3 nitrogen and oxygen atoms in total. The number of benzene rings is 1. The number of rotatable bonds is 3. The number of aromatic nitrogens is 2. The Morgan fingerprint density at radius 1 is 1.33 bits per heavy atom. The lowest BCUT2D eigenvalue weighted by molar-refractivity contribution is 0.112. The average molecular weight is 200 g/mol. The third-order valence-corrected chi connectivity index (χ3v) is 2.38. The minimum absolute atomic E-state index is 0.635. The topological polar surface area (TPSA) is 45.8 Å². The van der Waals surface area contributed by atoms with E-state index in [4.69, 9.17) is 0 Å². The van der Waals surface area contributed by atoms with Gasteiger partial charge in [0.1, 0.15) is 0 Å². The van der Waals surface area contributed by atoms with Crippen molar-refractivity contribution in [1.82, 2.24) is 10.2 Å². The minimum atomic E-state index is 0.635. The molecule has 3 heteroatoms. The quantitative estimate of drug-likeness (QED) is 0.771. The fourth-order valence-corrected chi connectivity index (χ4v) is 1.48. The summed E-state index contributed by atoms with van der Waals surface area (Å²) >= 11 is 0. The van der Waals surface area contributed by atoms with Gasteiger partial charge in [-0.1, -0.05) is 29.8 Å². The molecule has 0 aliphatic heterocycles. The number of H-pyrrole nitrogens is 1. The smallest absolute Gasteiger partial charge is 0.153 e. The molecular formula is C12H12N2O. The molecule has 1 N–H and O–H groups in total. The van der Waals surface area contributed by atoms with Gasteiger partial charge < -0.3 is 0 Å². The Labute approximate surface area is 88.1 Å². The molecule has 1 aromatic carbocycles. The zero-order valence-corrected chi connectivity index (χ0v) is 8.53. The van der Waals surface area contributed by atoms with Crippen LogP contribution in [-0.2, 0) is 6.42 Å². The molecule has 0 fully saturated rings. The molecule has 0 saturated heterocycles. The van der Waals surface area contributed by atoms with Crippen LogP contribution >= 0.6 is 0 Å². The van der Waals surface area contributed by atoms with E-state index in [1.165, 1.54) is 11.1 Å². The second-order valence-electron chi connectivity index (χ2n) is 3.58. The number of carbonyl (C=O) groups is 1. The molecule has 0 amide bonds. The molecule has 2 aromatic rings. The third kappa shape index (κ3) is 2.13. The summed E-state index contributed by atoms with van der Waals surface area (Å²) in [5, 5.41) is 6.69. The lowest BCUT2D eigenvalue weighted by Gasteiger charge is -2.00. The molecule has 1 aromatic heterocycles. The fraction of sp³-hybridized carbons (Fsp3) is 0.167. The first kappa shape index (κ1) is 9.65. The minimum Gasteiger partial charge on any atom is -0.298 e. The van der Waals surface area contributed by atoms with Crippen molar-refractivity contribution in [3.63, 3.8) is 0 Å². The summed E-state index contributed by atoms with van der Waals surface area (Å²) in [6.07, 6.45) is 3.10. The Morgan fingerprint density at radius 3 is 2.73 bits per heavy atom. The van der Waals surface area contributed by atoms with Crippen LogP contribution in [0.25, 0.3) is 0 Å². The van der Waals surface area contributed by atoms with E-state index in [0.29, 0.717) is 12.0 Å². The standard InChI is InChI=1S/C12H12N2O/c1-9-2-4-10(5-3-9)6-12-11(8-15)7-13-14-12/h2-5,7-8H,6H2,1H3,(H,13,14). The van der Waals surface area contributed by atoms with Crippen LogP contribution in [0.1, 0.15) is 27.2 Å². The Morgan fingerprint density at radius 2 is 2.07 bits per heavy atom. The van der Waals surface area contributed by atoms with Crippen molar-refractivity contribution in [2.24, 2.45) is 0 Å². The first-order valence-corrected chi connectivity index (χ1v) is 4.82. The van der Waals surface area contributed by atoms with Gasteiger partial charge in [-0.25, -0.2) is 0 Å². The molecule has 2 rings (SSSR count). The molecule has 0 aliphatic carbocycles. The summed E-state index contributed by atoms with van der Waals surface area (Å²) in [5.74, 6) is 0. The number of hydrogen-bond donors (Lipinski definition) is 1. The van der Waals surface area contributed by atoms with E-state index in [-0.39, 0.29) is 0 Å². The molecule has 0 atom stereocenters. The van der Waals surface area contributed by atoms with E-state index in [9.17, 15) is 4.79 Å². The highest BCUT2D eigenvalue weighted by Gasteiger charge is 2.04. The van der Waals surface area contributed by atoms with Crippen molar-refractivity contribution in [1.29, 1.82) is 0 Å². The lowest BCUT2D eigenvalue weighted by Crippen LogP contribution is -1.92. The zero-order chi connectivity index (χ0) is 10.7. The Hall–Kier alpha value is -1.90. The lowest BCUT2D eigenvalue weighted by atomic mass is 10.1. The van der Waals surface area contributed by atoms with Gasteiger partial charge in [0.05, 0.1) is 17.5 Å². The number of aryl methyl sites for hydroxylation is 1. The van der Waals surface area contributed by atoms with Gasteiger partial charge in [-0.2, -0.15) is 5.10 Å². The van der Waals surface area contributed by atoms with Crippen LogP contribution < -0.4 is 0 Å². The van der Waals surface area contributed by atoms with Crippen LogP contribution in [0.4, 0.5) is 0 Å². The normalized spacial score (nSPS) is 10.2. The van der Waals surface area contributed by atoms with Crippen LogP contribution in [-0.4, -0.2) is 16.5 Å². The molecule has 1 heterocycles. The highest BCUT2D eigenvalue weighted by atomic mass is 16.1. The van der Waals surface area contributed by atoms with E-state index >= 15 is 0 Å². The molecule has 0 saturated carbocycles. The third-order valence-electron chi connectivity index (χ3n) is 2.38. The maximum atomic E-state index is 10.7. The molecule has 0 unspecified atom stereocenters. The van der Waals surface area contributed by atoms with Gasteiger partial charge in [0.25, 0.3) is 0 Å². The maximum Gasteiger partial charge on any atom is 0.153 e. The molecule has 0 bridgehead atoms. The number of aromatic amines is 1. The average Bonchev–Trinajstić information content (AvgIpc) is 2.69. The van der Waals surface area contributed by atoms with Gasteiger partial charge in [-0.15, -0.1) is 0 Å². The monoisotopic (exact) mass is 200 g/mol. The van der Waals surface area contributed by atoms with Crippen molar-refractivity contribution < 1.29 is 4.79 Å². The van der Waals surface area contributed by atoms with Gasteiger partial charge in [0.15, 0.2) is 6.29 Å². The molecule has 0 aliphatic rings. The number of carbonyl (C=O) groups excluding carboxylic acids is 1. The first-order chi connectivity index (χ1) is 7.29. The SMILES string of the molecule is Cc1ccc(Cc2[nH]ncc2C=O)cc1. The number of nitrogens with zero attached hydrogens (tertiary/aromatic N) is 1. The van der Waals surface area contributed by atoms with Crippen molar-refractivity contribution in [3.8, 4) is 0 Å². The van der Waals surface area contributed by atoms with E-state index in [1.807, 2.05) is 0 Å². The van der Waals surface area contributed by atoms with Crippen LogP contribution in [0.2, 0.25) is 0 Å². The van der Waals surface area contributed by atoms with Crippen LogP contribution in [0.15, 0.2) is 30.5 Å². The Kier molecular flexibility index (Phi) is 2.63. The molecular weight excluding hydrogens is 188 g/mol. The van der Waals surface area contributed by atoms with Crippen molar-refractivity contribution in [2.75, 3.05) is 0 Å². The zero-order valence-electron chi connectivity index (χ0n) is 8.53. The van der Waals surface area contributed by atoms with Gasteiger partial charge >= 0.3 is 0 Å². The van der Waals surface area contributed by atoms with E-state index in [0.717, 1.165) is 12.0 Å². The summed E-state index contributed by atoms with van der Waals surface area (Å²) < 4.78 is 0. The Bertz CT molecular complexity index is 457. The molecule has 15 heavy (non-hydrogen) atoms. The Balaban J connectivity index is 2.21. The summed E-state index contributed by atoms with van der Waals surface area (Å²) in [4.78, 5) is 10.7. The predicted octanol–water partition coefficient (Wildman–Crippen LogP) is 2.12. The maximum absolute atomic E-state index is 10.7. The van der Waals surface area contributed by atoms with Crippen LogP contribution in [0, 0.1) is 6.92 Å². The van der Waals surface area contributed by atoms with Gasteiger partial charge in [-0.3, -0.25) is 9.89 Å². The largest absolute Gasteiger partial charge is 0.298 e. The van der Waals surface area contributed by atoms with E-state index in [2.05, 4.69) is 41.4 Å². The van der Waals surface area contributed by atoms with Gasteiger partial charge in [0, 0.05) is 6.42 Å². The van der Waals surface area contributed by atoms with Crippen molar-refractivity contribution in [2.45, 2.75) is 13.3 Å². The molecule has 0 radical (unpaired) electrons. The highest BCUT2D eigenvalue weighted by Crippen LogP contribution is 2.10. The predicted molar refractivity (Wildman–Crippen MR) is 58.0 cm³/mol. The van der Waals surface area contributed by atoms with Crippen LogP contribution in [0.5, 0.6) is 0 Å². The van der Waals surface area contributed by atoms with Crippen molar-refractivity contribution >= 4 is 6.29 Å². The highest BCUT2D eigenvalue weighted by molar-refractivity contribution is 5.76. The van der Waals surface area contributed by atoms with Crippen LogP contribution in [0.3, 0.4) is 0 Å². The fourth-order valence-electron chi connectivity index (χ4n) is 1.48. The van der Waals surface area contributed by atoms with E-state index < -0.39 is 0 Å². The van der Waals surface area contributed by atoms with E-state index in [1.54, 1.807) is 6.20 Å². The van der Waals surface area contributed by atoms with Gasteiger partial charge in [-0.05, 0) is 12.5 Å². The van der Waals surface area contributed by atoms with Crippen molar-refractivity contribution in [3.05, 3.63) is 52.8 Å². The summed E-state index contributed by atoms with van der Waals surface area (Å²) in [7, 11) is 0.